The third-order valence-corrected chi connectivity index (χ3v) is 9.98. The molecule has 6 aliphatic rings. The van der Waals surface area contributed by atoms with Crippen molar-refractivity contribution >= 4 is 40.9 Å². The largest absolute Gasteiger partial charge is 0.449 e. The maximum absolute atomic E-state index is 12.8. The van der Waals surface area contributed by atoms with Gasteiger partial charge in [0.15, 0.2) is 0 Å². The number of hydrogen-bond acceptors (Lipinski definition) is 8. The zero-order valence-corrected chi connectivity index (χ0v) is 24.7. The summed E-state index contributed by atoms with van der Waals surface area (Å²) in [6.45, 7) is 4.55. The predicted molar refractivity (Wildman–Crippen MR) is 151 cm³/mol. The highest BCUT2D eigenvalue weighted by atomic mass is 35.5. The zero-order chi connectivity index (χ0) is 28.5. The van der Waals surface area contributed by atoms with Crippen molar-refractivity contribution in [3.05, 3.63) is 28.2 Å². The summed E-state index contributed by atoms with van der Waals surface area (Å²) in [6.07, 6.45) is 5.65. The molecule has 0 radical (unpaired) electrons. The molecule has 2 heterocycles. The van der Waals surface area contributed by atoms with E-state index in [4.69, 9.17) is 47.2 Å². The highest BCUT2D eigenvalue weighted by Crippen LogP contribution is 2.63. The van der Waals surface area contributed by atoms with Crippen LogP contribution in [0, 0.1) is 23.7 Å². The summed E-state index contributed by atoms with van der Waals surface area (Å²) >= 11 is 12.2. The number of nitrogens with zero attached hydrogens (tertiary/aromatic N) is 1. The Labute approximate surface area is 250 Å². The molecule has 1 aromatic carbocycles. The van der Waals surface area contributed by atoms with Crippen molar-refractivity contribution in [2.24, 2.45) is 23.7 Å². The minimum Gasteiger partial charge on any atom is -0.449 e. The second-order valence-electron chi connectivity index (χ2n) is 12.1. The molecule has 7 rings (SSSR count). The molecular weight excluding hydrogens is 573 g/mol. The first-order valence-corrected chi connectivity index (χ1v) is 15.6. The Kier molecular flexibility index (Phi) is 8.98. The molecule has 4 aliphatic carbocycles. The van der Waals surface area contributed by atoms with Crippen LogP contribution in [0.1, 0.15) is 51.4 Å². The second kappa shape index (κ2) is 12.5. The molecule has 6 fully saturated rings. The van der Waals surface area contributed by atoms with Gasteiger partial charge in [0.2, 0.25) is 17.5 Å². The first-order valence-electron chi connectivity index (χ1n) is 14.9. The maximum Gasteiger partial charge on any atom is 0.411 e. The number of hydrogen-bond donors (Lipinski definition) is 2. The minimum absolute atomic E-state index is 0.00267. The van der Waals surface area contributed by atoms with Gasteiger partial charge in [0.05, 0.1) is 30.5 Å². The highest BCUT2D eigenvalue weighted by Gasteiger charge is 2.66. The van der Waals surface area contributed by atoms with Crippen LogP contribution >= 0.6 is 23.2 Å². The average molecular weight is 613 g/mol. The van der Waals surface area contributed by atoms with E-state index in [1.807, 2.05) is 0 Å². The Morgan fingerprint density at radius 3 is 2.46 bits per heavy atom. The molecule has 10 nitrogen and oxygen atoms in total. The van der Waals surface area contributed by atoms with E-state index in [2.05, 4.69) is 15.5 Å². The summed E-state index contributed by atoms with van der Waals surface area (Å²) < 4.78 is 17.7. The van der Waals surface area contributed by atoms with Gasteiger partial charge in [-0.1, -0.05) is 23.2 Å². The smallest absolute Gasteiger partial charge is 0.411 e. The van der Waals surface area contributed by atoms with Crippen molar-refractivity contribution in [3.63, 3.8) is 0 Å². The summed E-state index contributed by atoms with van der Waals surface area (Å²) in [7, 11) is 0. The van der Waals surface area contributed by atoms with Crippen molar-refractivity contribution in [2.75, 3.05) is 51.3 Å². The lowest BCUT2D eigenvalue weighted by atomic mass is 9.53. The van der Waals surface area contributed by atoms with Gasteiger partial charge in [-0.2, -0.15) is 9.78 Å². The topological polar surface area (TPSA) is 108 Å². The molecular formula is C29H39Cl2N3O7. The number of anilines is 1. The van der Waals surface area contributed by atoms with E-state index in [1.54, 1.807) is 18.2 Å². The maximum atomic E-state index is 12.8. The summed E-state index contributed by atoms with van der Waals surface area (Å²) in [4.78, 5) is 39.8. The van der Waals surface area contributed by atoms with Crippen molar-refractivity contribution in [3.8, 4) is 0 Å². The lowest BCUT2D eigenvalue weighted by Gasteiger charge is -2.57. The van der Waals surface area contributed by atoms with Crippen LogP contribution in [0.15, 0.2) is 18.2 Å². The molecule has 1 unspecified atom stereocenters. The number of amides is 2. The van der Waals surface area contributed by atoms with Crippen LogP contribution in [0.2, 0.25) is 10.0 Å². The van der Waals surface area contributed by atoms with Crippen LogP contribution in [-0.2, 0) is 28.8 Å². The normalized spacial score (nSPS) is 34.2. The van der Waals surface area contributed by atoms with Crippen LogP contribution in [-0.4, -0.2) is 74.5 Å². The molecule has 1 aromatic rings. The molecule has 4 bridgehead atoms. The summed E-state index contributed by atoms with van der Waals surface area (Å²) in [5, 5.41) is 6.43. The highest BCUT2D eigenvalue weighted by molar-refractivity contribution is 6.35. The van der Waals surface area contributed by atoms with Gasteiger partial charge in [0.25, 0.3) is 0 Å². The first-order chi connectivity index (χ1) is 19.8. The van der Waals surface area contributed by atoms with Gasteiger partial charge in [-0.15, -0.1) is 0 Å². The number of ether oxygens (including phenoxy) is 3. The molecule has 2 N–H and O–H groups in total. The van der Waals surface area contributed by atoms with Gasteiger partial charge in [0.1, 0.15) is 0 Å². The molecule has 1 atom stereocenters. The molecule has 1 spiro atoms. The van der Waals surface area contributed by atoms with Gasteiger partial charge < -0.3 is 19.5 Å². The fourth-order valence-corrected chi connectivity index (χ4v) is 7.87. The van der Waals surface area contributed by atoms with Gasteiger partial charge in [-0.3, -0.25) is 15.0 Å². The van der Waals surface area contributed by atoms with E-state index in [1.165, 1.54) is 6.42 Å². The van der Waals surface area contributed by atoms with E-state index in [0.29, 0.717) is 22.3 Å². The molecule has 4 saturated carbocycles. The molecule has 2 saturated heterocycles. The fraction of sp³-hybridized carbons (Fsp3) is 0.724. The minimum atomic E-state index is -1.19. The SMILES string of the molecule is O=C(CCC1(CCOC(=O)Nc2cc(Cl)ccc2Cl)OOC2(O1)C1CC3CC(C1)CC2C3)NCCN1CCOCC1. The summed E-state index contributed by atoms with van der Waals surface area (Å²) in [5.74, 6) is -0.0536. The lowest BCUT2D eigenvalue weighted by molar-refractivity contribution is -0.389. The molecule has 2 aliphatic heterocycles. The number of morpholine rings is 1. The third-order valence-electron chi connectivity index (χ3n) is 9.41. The first kappa shape index (κ1) is 29.4. The van der Waals surface area contributed by atoms with Crippen LogP contribution < -0.4 is 10.6 Å². The Bertz CT molecular complexity index is 1090. The van der Waals surface area contributed by atoms with Crippen molar-refractivity contribution in [2.45, 2.75) is 62.9 Å². The van der Waals surface area contributed by atoms with E-state index >= 15 is 0 Å². The van der Waals surface area contributed by atoms with Crippen molar-refractivity contribution in [1.29, 1.82) is 0 Å². The van der Waals surface area contributed by atoms with Gasteiger partial charge in [0, 0.05) is 62.3 Å². The lowest BCUT2D eigenvalue weighted by Crippen LogP contribution is -2.59. The van der Waals surface area contributed by atoms with Crippen LogP contribution in [0.5, 0.6) is 0 Å². The monoisotopic (exact) mass is 611 g/mol. The van der Waals surface area contributed by atoms with Crippen molar-refractivity contribution in [1.82, 2.24) is 10.2 Å². The van der Waals surface area contributed by atoms with Gasteiger partial charge in [-0.05, 0) is 62.1 Å². The number of nitrogens with one attached hydrogen (secondary N) is 2. The van der Waals surface area contributed by atoms with Crippen LogP contribution in [0.25, 0.3) is 0 Å². The third kappa shape index (κ3) is 6.64. The average Bonchev–Trinajstić information content (AvgIpc) is 3.33. The quantitative estimate of drug-likeness (QED) is 0.356. The Balaban J connectivity index is 1.06. The van der Waals surface area contributed by atoms with Crippen molar-refractivity contribution < 1.29 is 33.6 Å². The number of halogens is 2. The van der Waals surface area contributed by atoms with Gasteiger partial charge >= 0.3 is 6.09 Å². The van der Waals surface area contributed by atoms with E-state index in [0.717, 1.165) is 70.4 Å². The Morgan fingerprint density at radius 1 is 1.00 bits per heavy atom. The Morgan fingerprint density at radius 2 is 1.73 bits per heavy atom. The number of carbonyl (C=O) groups excluding carboxylic acids is 2. The van der Waals surface area contributed by atoms with Crippen LogP contribution in [0.4, 0.5) is 10.5 Å². The molecule has 226 valence electrons. The van der Waals surface area contributed by atoms with E-state index in [9.17, 15) is 9.59 Å². The fourth-order valence-electron chi connectivity index (χ4n) is 7.53. The zero-order valence-electron chi connectivity index (χ0n) is 23.2. The molecule has 12 heteroatoms. The van der Waals surface area contributed by atoms with E-state index in [-0.39, 0.29) is 43.6 Å². The molecule has 0 aromatic heterocycles. The standard InChI is InChI=1S/C29H39Cl2N3O7/c30-23-1-2-24(31)25(18-23)33-27(36)38-10-5-28(4-3-26(35)32-6-7-34-8-11-37-12-9-34)39-29(41-40-28)21-14-19-13-20(16-21)17-22(29)15-19/h1-2,18-22H,3-17H2,(H,32,35)(H,33,36). The van der Waals surface area contributed by atoms with Crippen LogP contribution in [0.3, 0.4) is 0 Å². The summed E-state index contributed by atoms with van der Waals surface area (Å²) in [6, 6.07) is 4.79. The number of carbonyl (C=O) groups is 2. The molecule has 41 heavy (non-hydrogen) atoms. The predicted octanol–water partition coefficient (Wildman–Crippen LogP) is 4.99. The van der Waals surface area contributed by atoms with Gasteiger partial charge in [-0.25, -0.2) is 4.79 Å². The number of benzene rings is 1. The van der Waals surface area contributed by atoms with E-state index < -0.39 is 17.7 Å². The molecule has 2 amide bonds. The second-order valence-corrected chi connectivity index (χ2v) is 13.0. The summed E-state index contributed by atoms with van der Waals surface area (Å²) in [5.41, 5.74) is 0.358. The number of rotatable bonds is 10. The Hall–Kier alpha value is -1.66.